The minimum absolute atomic E-state index is 0.308. The first-order valence-corrected chi connectivity index (χ1v) is 7.09. The Balaban J connectivity index is 2.22. The van der Waals surface area contributed by atoms with Gasteiger partial charge in [0.05, 0.1) is 16.1 Å². The molecule has 0 fully saturated rings. The van der Waals surface area contributed by atoms with Crippen molar-refractivity contribution in [2.45, 2.75) is 26.6 Å². The predicted molar refractivity (Wildman–Crippen MR) is 82.6 cm³/mol. The number of aliphatic hydroxyl groups is 1. The van der Waals surface area contributed by atoms with Crippen LogP contribution in [0.15, 0.2) is 36.4 Å². The fourth-order valence-corrected chi connectivity index (χ4v) is 2.30. The summed E-state index contributed by atoms with van der Waals surface area (Å²) in [4.78, 5) is 0. The van der Waals surface area contributed by atoms with Crippen molar-refractivity contribution in [3.8, 4) is 5.75 Å². The third kappa shape index (κ3) is 3.45. The van der Waals surface area contributed by atoms with Gasteiger partial charge in [0.1, 0.15) is 12.4 Å². The summed E-state index contributed by atoms with van der Waals surface area (Å²) in [6.45, 7) is 4.00. The minimum Gasteiger partial charge on any atom is -0.488 e. The molecule has 0 aliphatic heterocycles. The van der Waals surface area contributed by atoms with Crippen molar-refractivity contribution in [2.24, 2.45) is 0 Å². The van der Waals surface area contributed by atoms with E-state index in [-0.39, 0.29) is 0 Å². The second-order valence-electron chi connectivity index (χ2n) is 4.72. The molecule has 20 heavy (non-hydrogen) atoms. The molecule has 0 saturated heterocycles. The number of rotatable bonds is 4. The Hall–Kier alpha value is -1.22. The van der Waals surface area contributed by atoms with Crippen molar-refractivity contribution in [1.29, 1.82) is 0 Å². The highest BCUT2D eigenvalue weighted by Crippen LogP contribution is 2.30. The van der Waals surface area contributed by atoms with Crippen molar-refractivity contribution in [3.05, 3.63) is 63.1 Å². The van der Waals surface area contributed by atoms with E-state index in [4.69, 9.17) is 27.9 Å². The lowest BCUT2D eigenvalue weighted by molar-refractivity contribution is 0.190. The molecule has 0 heterocycles. The Morgan fingerprint density at radius 3 is 2.65 bits per heavy atom. The van der Waals surface area contributed by atoms with E-state index >= 15 is 0 Å². The third-order valence-corrected chi connectivity index (χ3v) is 3.89. The van der Waals surface area contributed by atoms with Gasteiger partial charge < -0.3 is 9.84 Å². The summed E-state index contributed by atoms with van der Waals surface area (Å²) in [5, 5.41) is 10.8. The standard InChI is InChI=1S/C16H16Cl2O2/c1-10-6-7-13(11(2)19)15(8-10)20-9-12-4-3-5-14(17)16(12)18/h3-8,11,19H,9H2,1-2H3/t11-/m0/s1. The Kier molecular flexibility index (Phi) is 4.92. The number of benzene rings is 2. The number of hydrogen-bond acceptors (Lipinski definition) is 2. The Labute approximate surface area is 128 Å². The van der Waals surface area contributed by atoms with Gasteiger partial charge in [-0.15, -0.1) is 0 Å². The van der Waals surface area contributed by atoms with Crippen LogP contribution >= 0.6 is 23.2 Å². The third-order valence-electron chi connectivity index (χ3n) is 3.03. The van der Waals surface area contributed by atoms with Crippen LogP contribution in [-0.4, -0.2) is 5.11 Å². The van der Waals surface area contributed by atoms with Gasteiger partial charge in [0.25, 0.3) is 0 Å². The van der Waals surface area contributed by atoms with Crippen molar-refractivity contribution < 1.29 is 9.84 Å². The van der Waals surface area contributed by atoms with Gasteiger partial charge in [-0.2, -0.15) is 0 Å². The van der Waals surface area contributed by atoms with Crippen LogP contribution in [0, 0.1) is 6.92 Å². The zero-order valence-corrected chi connectivity index (χ0v) is 12.9. The number of hydrogen-bond donors (Lipinski definition) is 1. The van der Waals surface area contributed by atoms with Gasteiger partial charge in [0.2, 0.25) is 0 Å². The summed E-state index contributed by atoms with van der Waals surface area (Å²) in [6.07, 6.45) is -0.583. The summed E-state index contributed by atoms with van der Waals surface area (Å²) >= 11 is 12.1. The Bertz CT molecular complexity index is 609. The second kappa shape index (κ2) is 6.49. The maximum Gasteiger partial charge on any atom is 0.125 e. The molecule has 0 aliphatic carbocycles. The van der Waals surface area contributed by atoms with Crippen LogP contribution in [0.1, 0.15) is 29.7 Å². The molecule has 2 aromatic rings. The fraction of sp³-hybridized carbons (Fsp3) is 0.250. The molecule has 106 valence electrons. The molecule has 2 nitrogen and oxygen atoms in total. The Morgan fingerprint density at radius 2 is 1.95 bits per heavy atom. The monoisotopic (exact) mass is 310 g/mol. The van der Waals surface area contributed by atoms with Crippen LogP contribution in [0.4, 0.5) is 0 Å². The molecule has 0 saturated carbocycles. The van der Waals surface area contributed by atoms with E-state index in [1.54, 1.807) is 13.0 Å². The fourth-order valence-electron chi connectivity index (χ4n) is 1.93. The average Bonchev–Trinajstić information content (AvgIpc) is 2.40. The van der Waals surface area contributed by atoms with Crippen LogP contribution < -0.4 is 4.74 Å². The number of aryl methyl sites for hydroxylation is 1. The van der Waals surface area contributed by atoms with Gasteiger partial charge in [-0.05, 0) is 31.5 Å². The van der Waals surface area contributed by atoms with Crippen LogP contribution in [0.5, 0.6) is 5.75 Å². The highest BCUT2D eigenvalue weighted by molar-refractivity contribution is 6.42. The first-order chi connectivity index (χ1) is 9.49. The lowest BCUT2D eigenvalue weighted by Crippen LogP contribution is -2.02. The predicted octanol–water partition coefficient (Wildman–Crippen LogP) is 4.93. The molecular weight excluding hydrogens is 295 g/mol. The topological polar surface area (TPSA) is 29.5 Å². The Morgan fingerprint density at radius 1 is 1.20 bits per heavy atom. The zero-order valence-electron chi connectivity index (χ0n) is 11.4. The summed E-state index contributed by atoms with van der Waals surface area (Å²) in [5.74, 6) is 0.663. The maximum atomic E-state index is 9.76. The minimum atomic E-state index is -0.583. The highest BCUT2D eigenvalue weighted by atomic mass is 35.5. The molecule has 2 rings (SSSR count). The highest BCUT2D eigenvalue weighted by Gasteiger charge is 2.11. The summed E-state index contributed by atoms with van der Waals surface area (Å²) in [7, 11) is 0. The van der Waals surface area contributed by atoms with E-state index < -0.39 is 6.10 Å². The van der Waals surface area contributed by atoms with Gasteiger partial charge in [-0.3, -0.25) is 0 Å². The lowest BCUT2D eigenvalue weighted by Gasteiger charge is -2.15. The molecule has 0 aromatic heterocycles. The molecule has 0 unspecified atom stereocenters. The quantitative estimate of drug-likeness (QED) is 0.867. The molecule has 1 N–H and O–H groups in total. The molecule has 0 spiro atoms. The first kappa shape index (κ1) is 15.2. The maximum absolute atomic E-state index is 9.76. The molecule has 1 atom stereocenters. The van der Waals surface area contributed by atoms with E-state index in [1.807, 2.05) is 37.3 Å². The van der Waals surface area contributed by atoms with Crippen LogP contribution in [0.25, 0.3) is 0 Å². The van der Waals surface area contributed by atoms with Crippen molar-refractivity contribution in [3.63, 3.8) is 0 Å². The van der Waals surface area contributed by atoms with Gasteiger partial charge in [-0.1, -0.05) is 47.5 Å². The van der Waals surface area contributed by atoms with Gasteiger partial charge in [0, 0.05) is 11.1 Å². The van der Waals surface area contributed by atoms with Crippen LogP contribution in [0.2, 0.25) is 10.0 Å². The van der Waals surface area contributed by atoms with Crippen LogP contribution in [-0.2, 0) is 6.61 Å². The number of halogens is 2. The zero-order chi connectivity index (χ0) is 14.7. The van der Waals surface area contributed by atoms with Crippen molar-refractivity contribution in [2.75, 3.05) is 0 Å². The molecule has 4 heteroatoms. The number of ether oxygens (including phenoxy) is 1. The molecule has 0 aliphatic rings. The molecule has 2 aromatic carbocycles. The molecule has 0 radical (unpaired) electrons. The van der Waals surface area contributed by atoms with Crippen molar-refractivity contribution in [1.82, 2.24) is 0 Å². The normalized spacial score (nSPS) is 12.2. The number of aliphatic hydroxyl groups excluding tert-OH is 1. The van der Waals surface area contributed by atoms with E-state index in [2.05, 4.69) is 0 Å². The second-order valence-corrected chi connectivity index (χ2v) is 5.50. The van der Waals surface area contributed by atoms with Gasteiger partial charge >= 0.3 is 0 Å². The first-order valence-electron chi connectivity index (χ1n) is 6.33. The van der Waals surface area contributed by atoms with E-state index in [0.29, 0.717) is 22.4 Å². The van der Waals surface area contributed by atoms with E-state index in [0.717, 1.165) is 16.7 Å². The van der Waals surface area contributed by atoms with Gasteiger partial charge in [0.15, 0.2) is 0 Å². The summed E-state index contributed by atoms with van der Waals surface area (Å²) in [6, 6.07) is 11.2. The summed E-state index contributed by atoms with van der Waals surface area (Å²) < 4.78 is 5.80. The smallest absolute Gasteiger partial charge is 0.125 e. The largest absolute Gasteiger partial charge is 0.488 e. The van der Waals surface area contributed by atoms with Crippen LogP contribution in [0.3, 0.4) is 0 Å². The van der Waals surface area contributed by atoms with Crippen molar-refractivity contribution >= 4 is 23.2 Å². The molecule has 0 bridgehead atoms. The summed E-state index contributed by atoms with van der Waals surface area (Å²) in [5.41, 5.74) is 2.65. The molecular formula is C16H16Cl2O2. The van der Waals surface area contributed by atoms with E-state index in [9.17, 15) is 5.11 Å². The lowest BCUT2D eigenvalue weighted by atomic mass is 10.1. The molecule has 0 amide bonds. The SMILES string of the molecule is Cc1ccc([C@H](C)O)c(OCc2cccc(Cl)c2Cl)c1. The average molecular weight is 311 g/mol. The van der Waals surface area contributed by atoms with Gasteiger partial charge in [-0.25, -0.2) is 0 Å². The van der Waals surface area contributed by atoms with E-state index in [1.165, 1.54) is 0 Å².